The van der Waals surface area contributed by atoms with E-state index in [9.17, 15) is 4.79 Å². The van der Waals surface area contributed by atoms with Crippen LogP contribution in [-0.4, -0.2) is 17.7 Å². The minimum atomic E-state index is -0.963. The van der Waals surface area contributed by atoms with Crippen LogP contribution in [0, 0.1) is 12.8 Å². The van der Waals surface area contributed by atoms with E-state index in [1.54, 1.807) is 6.92 Å². The van der Waals surface area contributed by atoms with Crippen molar-refractivity contribution >= 4 is 5.97 Å². The molecule has 16 heavy (non-hydrogen) atoms. The molecule has 0 atom stereocenters. The fraction of sp³-hybridized carbons (Fsp3) is 0.583. The van der Waals surface area contributed by atoms with Gasteiger partial charge in [0.2, 0.25) is 0 Å². The summed E-state index contributed by atoms with van der Waals surface area (Å²) >= 11 is 0. The molecule has 0 aliphatic rings. The molecular formula is C12H18O4. The molecule has 0 saturated carbocycles. The Balaban J connectivity index is 2.43. The van der Waals surface area contributed by atoms with Gasteiger partial charge in [-0.05, 0) is 25.3 Å². The molecule has 1 rings (SSSR count). The van der Waals surface area contributed by atoms with Crippen molar-refractivity contribution in [1.82, 2.24) is 0 Å². The quantitative estimate of drug-likeness (QED) is 0.758. The molecule has 0 bridgehead atoms. The van der Waals surface area contributed by atoms with E-state index in [2.05, 4.69) is 13.8 Å². The summed E-state index contributed by atoms with van der Waals surface area (Å²) < 4.78 is 10.7. The van der Waals surface area contributed by atoms with Gasteiger partial charge in [0.25, 0.3) is 0 Å². The second-order valence-electron chi connectivity index (χ2n) is 4.22. The molecule has 0 aliphatic carbocycles. The van der Waals surface area contributed by atoms with Gasteiger partial charge < -0.3 is 14.3 Å². The number of furan rings is 1. The Morgan fingerprint density at radius 2 is 2.25 bits per heavy atom. The van der Waals surface area contributed by atoms with E-state index in [1.165, 1.54) is 6.07 Å². The number of aryl methyl sites for hydroxylation is 1. The summed E-state index contributed by atoms with van der Waals surface area (Å²) in [7, 11) is 0. The van der Waals surface area contributed by atoms with Crippen molar-refractivity contribution in [2.75, 3.05) is 6.61 Å². The number of ether oxygens (including phenoxy) is 1. The number of rotatable bonds is 6. The number of carboxylic acids is 1. The Morgan fingerprint density at radius 3 is 2.75 bits per heavy atom. The standard InChI is InChI=1S/C12H18O4/c1-8(2)4-5-15-7-10-6-11(12(13)14)9(3)16-10/h6,8H,4-5,7H2,1-3H3,(H,13,14). The van der Waals surface area contributed by atoms with Crippen molar-refractivity contribution in [1.29, 1.82) is 0 Å². The van der Waals surface area contributed by atoms with Gasteiger partial charge in [-0.15, -0.1) is 0 Å². The largest absolute Gasteiger partial charge is 0.478 e. The van der Waals surface area contributed by atoms with Gasteiger partial charge in [0.1, 0.15) is 23.7 Å². The van der Waals surface area contributed by atoms with Crippen molar-refractivity contribution in [3.05, 3.63) is 23.2 Å². The first-order valence-corrected chi connectivity index (χ1v) is 5.41. The Labute approximate surface area is 95.2 Å². The first kappa shape index (κ1) is 12.8. The van der Waals surface area contributed by atoms with Gasteiger partial charge in [-0.3, -0.25) is 0 Å². The Kier molecular flexibility index (Phi) is 4.55. The Morgan fingerprint density at radius 1 is 1.56 bits per heavy atom. The second-order valence-corrected chi connectivity index (χ2v) is 4.22. The highest BCUT2D eigenvalue weighted by Gasteiger charge is 2.13. The first-order chi connectivity index (χ1) is 7.50. The lowest BCUT2D eigenvalue weighted by Gasteiger charge is -2.04. The zero-order chi connectivity index (χ0) is 12.1. The highest BCUT2D eigenvalue weighted by atomic mass is 16.5. The third-order valence-corrected chi connectivity index (χ3v) is 2.28. The van der Waals surface area contributed by atoms with Crippen molar-refractivity contribution < 1.29 is 19.1 Å². The van der Waals surface area contributed by atoms with E-state index in [0.717, 1.165) is 6.42 Å². The molecular weight excluding hydrogens is 208 g/mol. The maximum absolute atomic E-state index is 10.8. The molecule has 1 aromatic heterocycles. The number of hydrogen-bond acceptors (Lipinski definition) is 3. The van der Waals surface area contributed by atoms with Crippen LogP contribution in [0.4, 0.5) is 0 Å². The monoisotopic (exact) mass is 226 g/mol. The second kappa shape index (κ2) is 5.70. The lowest BCUT2D eigenvalue weighted by atomic mass is 10.1. The molecule has 4 nitrogen and oxygen atoms in total. The average molecular weight is 226 g/mol. The maximum atomic E-state index is 10.8. The maximum Gasteiger partial charge on any atom is 0.339 e. The zero-order valence-corrected chi connectivity index (χ0v) is 9.95. The summed E-state index contributed by atoms with van der Waals surface area (Å²) in [5.41, 5.74) is 0.211. The van der Waals surface area contributed by atoms with Crippen LogP contribution in [0.1, 0.15) is 42.1 Å². The summed E-state index contributed by atoms with van der Waals surface area (Å²) in [6.07, 6.45) is 0.992. The Hall–Kier alpha value is -1.29. The molecule has 0 spiro atoms. The SMILES string of the molecule is Cc1oc(COCCC(C)C)cc1C(=O)O. The number of carbonyl (C=O) groups is 1. The van der Waals surface area contributed by atoms with E-state index in [4.69, 9.17) is 14.3 Å². The number of carboxylic acid groups (broad SMARTS) is 1. The van der Waals surface area contributed by atoms with Gasteiger partial charge in [-0.2, -0.15) is 0 Å². The summed E-state index contributed by atoms with van der Waals surface area (Å²) in [4.78, 5) is 10.8. The van der Waals surface area contributed by atoms with Gasteiger partial charge in [-0.1, -0.05) is 13.8 Å². The first-order valence-electron chi connectivity index (χ1n) is 5.41. The topological polar surface area (TPSA) is 59.7 Å². The predicted octanol–water partition coefficient (Wildman–Crippen LogP) is 2.85. The lowest BCUT2D eigenvalue weighted by molar-refractivity contribution is 0.0695. The number of aromatic carboxylic acids is 1. The van der Waals surface area contributed by atoms with E-state index < -0.39 is 5.97 Å². The smallest absolute Gasteiger partial charge is 0.339 e. The molecule has 4 heteroatoms. The van der Waals surface area contributed by atoms with E-state index in [0.29, 0.717) is 30.7 Å². The van der Waals surface area contributed by atoms with Crippen LogP contribution in [-0.2, 0) is 11.3 Å². The van der Waals surface area contributed by atoms with Crippen LogP contribution in [0.15, 0.2) is 10.5 Å². The summed E-state index contributed by atoms with van der Waals surface area (Å²) in [5.74, 6) is 0.635. The third kappa shape index (κ3) is 3.70. The molecule has 1 aromatic rings. The molecule has 0 radical (unpaired) electrons. The minimum Gasteiger partial charge on any atom is -0.478 e. The summed E-state index contributed by atoms with van der Waals surface area (Å²) in [5, 5.41) is 8.82. The van der Waals surface area contributed by atoms with Crippen LogP contribution in [0.3, 0.4) is 0 Å². The van der Waals surface area contributed by atoms with Crippen molar-refractivity contribution in [2.24, 2.45) is 5.92 Å². The van der Waals surface area contributed by atoms with Gasteiger partial charge in [0.05, 0.1) is 0 Å². The predicted molar refractivity (Wildman–Crippen MR) is 59.5 cm³/mol. The summed E-state index contributed by atoms with van der Waals surface area (Å²) in [6, 6.07) is 1.52. The minimum absolute atomic E-state index is 0.211. The molecule has 0 fully saturated rings. The van der Waals surface area contributed by atoms with E-state index >= 15 is 0 Å². The van der Waals surface area contributed by atoms with Gasteiger partial charge >= 0.3 is 5.97 Å². The fourth-order valence-electron chi connectivity index (χ4n) is 1.32. The molecule has 0 saturated heterocycles. The molecule has 0 amide bonds. The zero-order valence-electron chi connectivity index (χ0n) is 9.95. The van der Waals surface area contributed by atoms with Gasteiger partial charge in [-0.25, -0.2) is 4.79 Å². The fourth-order valence-corrected chi connectivity index (χ4v) is 1.32. The third-order valence-electron chi connectivity index (χ3n) is 2.28. The molecule has 0 aliphatic heterocycles. The van der Waals surface area contributed by atoms with Gasteiger partial charge in [0.15, 0.2) is 0 Å². The summed E-state index contributed by atoms with van der Waals surface area (Å²) in [6.45, 7) is 6.90. The van der Waals surface area contributed by atoms with Crippen molar-refractivity contribution in [3.8, 4) is 0 Å². The molecule has 1 N–H and O–H groups in total. The molecule has 0 unspecified atom stereocenters. The van der Waals surface area contributed by atoms with Crippen LogP contribution >= 0.6 is 0 Å². The number of hydrogen-bond donors (Lipinski definition) is 1. The molecule has 1 heterocycles. The van der Waals surface area contributed by atoms with Crippen LogP contribution in [0.25, 0.3) is 0 Å². The van der Waals surface area contributed by atoms with Crippen LogP contribution < -0.4 is 0 Å². The van der Waals surface area contributed by atoms with E-state index in [-0.39, 0.29) is 5.56 Å². The lowest BCUT2D eigenvalue weighted by Crippen LogP contribution is -1.98. The van der Waals surface area contributed by atoms with Crippen molar-refractivity contribution in [3.63, 3.8) is 0 Å². The van der Waals surface area contributed by atoms with Crippen LogP contribution in [0.2, 0.25) is 0 Å². The van der Waals surface area contributed by atoms with Crippen molar-refractivity contribution in [2.45, 2.75) is 33.8 Å². The normalized spacial score (nSPS) is 11.0. The van der Waals surface area contributed by atoms with Crippen LogP contribution in [0.5, 0.6) is 0 Å². The molecule has 90 valence electrons. The highest BCUT2D eigenvalue weighted by molar-refractivity contribution is 5.88. The Bertz CT molecular complexity index is 352. The highest BCUT2D eigenvalue weighted by Crippen LogP contribution is 2.15. The molecule has 0 aromatic carbocycles. The van der Waals surface area contributed by atoms with E-state index in [1.807, 2.05) is 0 Å². The van der Waals surface area contributed by atoms with Gasteiger partial charge in [0, 0.05) is 6.61 Å². The average Bonchev–Trinajstić information content (AvgIpc) is 2.54.